The van der Waals surface area contributed by atoms with Gasteiger partial charge in [0.05, 0.1) is 11.3 Å². The number of hydrogen-bond donors (Lipinski definition) is 1. The molecule has 0 aliphatic carbocycles. The van der Waals surface area contributed by atoms with Crippen molar-refractivity contribution in [2.75, 3.05) is 11.9 Å². The minimum absolute atomic E-state index is 0.283. The highest BCUT2D eigenvalue weighted by Crippen LogP contribution is 2.27. The van der Waals surface area contributed by atoms with Crippen LogP contribution in [0.15, 0.2) is 18.2 Å². The van der Waals surface area contributed by atoms with E-state index >= 15 is 0 Å². The fourth-order valence-electron chi connectivity index (χ4n) is 1.26. The summed E-state index contributed by atoms with van der Waals surface area (Å²) in [4.78, 5) is 22.2. The van der Waals surface area contributed by atoms with Gasteiger partial charge in [0.2, 0.25) is 0 Å². The standard InChI is InChI=1S/C10H7F3INO3/c1-15(9(18)10(11,12)13)7-4-5(14)2-3-6(7)8(16)17/h2-4H,1H3,(H,16,17). The lowest BCUT2D eigenvalue weighted by Crippen LogP contribution is -2.39. The van der Waals surface area contributed by atoms with Gasteiger partial charge in [-0.1, -0.05) is 0 Å². The predicted molar refractivity (Wildman–Crippen MR) is 65.6 cm³/mol. The molecule has 98 valence electrons. The number of alkyl halides is 3. The van der Waals surface area contributed by atoms with Gasteiger partial charge in [-0.3, -0.25) is 4.79 Å². The molecule has 0 fully saturated rings. The van der Waals surface area contributed by atoms with Crippen molar-refractivity contribution in [1.82, 2.24) is 0 Å². The van der Waals surface area contributed by atoms with Crippen molar-refractivity contribution < 1.29 is 27.9 Å². The molecular weight excluding hydrogens is 366 g/mol. The first-order valence-electron chi connectivity index (χ1n) is 4.52. The van der Waals surface area contributed by atoms with Crippen LogP contribution >= 0.6 is 22.6 Å². The molecule has 0 spiro atoms. The third kappa shape index (κ3) is 3.12. The van der Waals surface area contributed by atoms with Crippen LogP contribution in [0, 0.1) is 3.57 Å². The van der Waals surface area contributed by atoms with Crippen LogP contribution in [0.2, 0.25) is 0 Å². The predicted octanol–water partition coefficient (Wildman–Crippen LogP) is 2.51. The number of hydrogen-bond acceptors (Lipinski definition) is 2. The van der Waals surface area contributed by atoms with Crippen LogP contribution in [0.5, 0.6) is 0 Å². The maximum Gasteiger partial charge on any atom is 0.471 e. The lowest BCUT2D eigenvalue weighted by atomic mass is 10.1. The number of benzene rings is 1. The zero-order chi connectivity index (χ0) is 14.1. The fraction of sp³-hybridized carbons (Fsp3) is 0.200. The molecule has 0 aromatic heterocycles. The van der Waals surface area contributed by atoms with Crippen molar-refractivity contribution >= 4 is 40.2 Å². The van der Waals surface area contributed by atoms with Crippen molar-refractivity contribution in [3.05, 3.63) is 27.3 Å². The molecule has 1 N–H and O–H groups in total. The summed E-state index contributed by atoms with van der Waals surface area (Å²) in [5.74, 6) is -3.52. The van der Waals surface area contributed by atoms with E-state index in [2.05, 4.69) is 0 Å². The van der Waals surface area contributed by atoms with E-state index in [1.165, 1.54) is 12.1 Å². The highest BCUT2D eigenvalue weighted by Gasteiger charge is 2.42. The number of rotatable bonds is 2. The lowest BCUT2D eigenvalue weighted by molar-refractivity contribution is -0.170. The van der Waals surface area contributed by atoms with E-state index in [0.29, 0.717) is 3.57 Å². The number of halogens is 4. The summed E-state index contributed by atoms with van der Waals surface area (Å²) in [6.07, 6.45) is -5.05. The van der Waals surface area contributed by atoms with E-state index in [0.717, 1.165) is 13.1 Å². The number of nitrogens with zero attached hydrogens (tertiary/aromatic N) is 1. The van der Waals surface area contributed by atoms with Gasteiger partial charge in [-0.15, -0.1) is 0 Å². The molecule has 0 aliphatic heterocycles. The SMILES string of the molecule is CN(C(=O)C(F)(F)F)c1cc(I)ccc1C(=O)O. The van der Waals surface area contributed by atoms with Gasteiger partial charge in [0.15, 0.2) is 0 Å². The molecule has 1 amide bonds. The first-order valence-corrected chi connectivity index (χ1v) is 5.60. The number of carbonyl (C=O) groups is 2. The van der Waals surface area contributed by atoms with E-state index in [1.807, 2.05) is 22.6 Å². The zero-order valence-corrected chi connectivity index (χ0v) is 11.1. The second-order valence-electron chi connectivity index (χ2n) is 3.33. The molecule has 18 heavy (non-hydrogen) atoms. The van der Waals surface area contributed by atoms with Crippen molar-refractivity contribution in [3.8, 4) is 0 Å². The van der Waals surface area contributed by atoms with Gasteiger partial charge in [0.1, 0.15) is 0 Å². The minimum atomic E-state index is -5.05. The summed E-state index contributed by atoms with van der Waals surface area (Å²) >= 11 is 1.81. The van der Waals surface area contributed by atoms with Gasteiger partial charge in [0.25, 0.3) is 0 Å². The fourth-order valence-corrected chi connectivity index (χ4v) is 1.74. The maximum absolute atomic E-state index is 12.3. The van der Waals surface area contributed by atoms with Crippen molar-refractivity contribution in [3.63, 3.8) is 0 Å². The Morgan fingerprint density at radius 3 is 2.33 bits per heavy atom. The molecule has 0 bridgehead atoms. The van der Waals surface area contributed by atoms with Crippen LogP contribution in [0.25, 0.3) is 0 Å². The molecule has 0 saturated heterocycles. The van der Waals surface area contributed by atoms with Gasteiger partial charge in [0, 0.05) is 10.6 Å². The van der Waals surface area contributed by atoms with Crippen LogP contribution in [0.4, 0.5) is 18.9 Å². The zero-order valence-electron chi connectivity index (χ0n) is 8.95. The Kier molecular flexibility index (Phi) is 4.20. The quantitative estimate of drug-likeness (QED) is 0.811. The van der Waals surface area contributed by atoms with E-state index in [4.69, 9.17) is 5.11 Å². The summed E-state index contributed by atoms with van der Waals surface area (Å²) in [6, 6.07) is 3.78. The number of aromatic carboxylic acids is 1. The Labute approximate surface area is 114 Å². The first-order chi connectivity index (χ1) is 8.14. The molecule has 0 unspecified atom stereocenters. The monoisotopic (exact) mass is 373 g/mol. The van der Waals surface area contributed by atoms with Crippen LogP contribution in [0.1, 0.15) is 10.4 Å². The van der Waals surface area contributed by atoms with E-state index in [1.54, 1.807) is 0 Å². The largest absolute Gasteiger partial charge is 0.478 e. The molecule has 1 rings (SSSR count). The van der Waals surface area contributed by atoms with Crippen LogP contribution in [-0.4, -0.2) is 30.2 Å². The van der Waals surface area contributed by atoms with E-state index in [9.17, 15) is 22.8 Å². The van der Waals surface area contributed by atoms with Gasteiger partial charge in [-0.05, 0) is 40.8 Å². The van der Waals surface area contributed by atoms with Gasteiger partial charge in [-0.25, -0.2) is 4.79 Å². The molecular formula is C10H7F3INO3. The normalized spacial score (nSPS) is 11.2. The second-order valence-corrected chi connectivity index (χ2v) is 4.57. The van der Waals surface area contributed by atoms with E-state index in [-0.39, 0.29) is 16.2 Å². The highest BCUT2D eigenvalue weighted by molar-refractivity contribution is 14.1. The molecule has 4 nitrogen and oxygen atoms in total. The topological polar surface area (TPSA) is 57.6 Å². The Hall–Kier alpha value is -1.32. The van der Waals surface area contributed by atoms with Crippen LogP contribution in [0.3, 0.4) is 0 Å². The third-order valence-corrected chi connectivity index (χ3v) is 2.77. The Balaban J connectivity index is 3.28. The number of carbonyl (C=O) groups excluding carboxylic acids is 1. The molecule has 0 radical (unpaired) electrons. The van der Waals surface area contributed by atoms with Crippen molar-refractivity contribution in [1.29, 1.82) is 0 Å². The molecule has 0 heterocycles. The van der Waals surface area contributed by atoms with Gasteiger partial charge < -0.3 is 10.0 Å². The van der Waals surface area contributed by atoms with Crippen molar-refractivity contribution in [2.45, 2.75) is 6.18 Å². The average molecular weight is 373 g/mol. The second kappa shape index (κ2) is 5.12. The number of carboxylic acid groups (broad SMARTS) is 1. The lowest BCUT2D eigenvalue weighted by Gasteiger charge is -2.20. The highest BCUT2D eigenvalue weighted by atomic mass is 127. The molecule has 1 aromatic rings. The Morgan fingerprint density at radius 2 is 1.89 bits per heavy atom. The van der Waals surface area contributed by atoms with E-state index < -0.39 is 18.1 Å². The molecule has 8 heteroatoms. The Bertz CT molecular complexity index is 502. The third-order valence-electron chi connectivity index (χ3n) is 2.10. The molecule has 0 saturated carbocycles. The number of amides is 1. The van der Waals surface area contributed by atoms with Crippen LogP contribution in [-0.2, 0) is 4.79 Å². The first kappa shape index (κ1) is 14.7. The smallest absolute Gasteiger partial charge is 0.471 e. The van der Waals surface area contributed by atoms with Gasteiger partial charge in [-0.2, -0.15) is 13.2 Å². The van der Waals surface area contributed by atoms with Crippen molar-refractivity contribution in [2.24, 2.45) is 0 Å². The molecule has 1 aromatic carbocycles. The minimum Gasteiger partial charge on any atom is -0.478 e. The summed E-state index contributed by atoms with van der Waals surface area (Å²) in [6.45, 7) is 0. The summed E-state index contributed by atoms with van der Waals surface area (Å²) in [5, 5.41) is 8.87. The summed E-state index contributed by atoms with van der Waals surface area (Å²) in [5.41, 5.74) is -0.660. The maximum atomic E-state index is 12.3. The molecule has 0 aliphatic rings. The summed E-state index contributed by atoms with van der Waals surface area (Å²) < 4.78 is 37.4. The Morgan fingerprint density at radius 1 is 1.33 bits per heavy atom. The average Bonchev–Trinajstić information content (AvgIpc) is 2.25. The molecule has 0 atom stereocenters. The van der Waals surface area contributed by atoms with Gasteiger partial charge >= 0.3 is 18.1 Å². The van der Waals surface area contributed by atoms with Crippen LogP contribution < -0.4 is 4.90 Å². The number of anilines is 1. The number of carboxylic acids is 1. The summed E-state index contributed by atoms with van der Waals surface area (Å²) in [7, 11) is 0.883.